The fraction of sp³-hybridized carbons (Fsp3) is 0.632. The van der Waals surface area contributed by atoms with E-state index in [0.29, 0.717) is 13.0 Å². The standard InChI is InChI=1S/C19H35N5O2/c20-9-3-12-22-10-1-2-11-23-13-4-14-24-19(26)18(21)15-16-5-7-17(25)8-6-16/h5-8,18,22-23,25H,1-4,9-15,20-21H2,(H,24,26)/t18-/m0/s1. The van der Waals surface area contributed by atoms with Gasteiger partial charge in [0.1, 0.15) is 5.75 Å². The highest BCUT2D eigenvalue weighted by Gasteiger charge is 2.13. The zero-order chi connectivity index (χ0) is 19.0. The van der Waals surface area contributed by atoms with Crippen molar-refractivity contribution in [3.63, 3.8) is 0 Å². The number of rotatable bonds is 15. The fourth-order valence-corrected chi connectivity index (χ4v) is 2.51. The number of hydrogen-bond donors (Lipinski definition) is 6. The Morgan fingerprint density at radius 3 is 2.12 bits per heavy atom. The highest BCUT2D eigenvalue weighted by molar-refractivity contribution is 5.81. The molecule has 7 nitrogen and oxygen atoms in total. The maximum absolute atomic E-state index is 12.0. The Kier molecular flexibility index (Phi) is 12.5. The number of carbonyl (C=O) groups excluding carboxylic acids is 1. The van der Waals surface area contributed by atoms with Gasteiger partial charge in [-0.25, -0.2) is 0 Å². The van der Waals surface area contributed by atoms with Gasteiger partial charge in [0, 0.05) is 6.54 Å². The van der Waals surface area contributed by atoms with E-state index >= 15 is 0 Å². The quantitative estimate of drug-likeness (QED) is 0.244. The van der Waals surface area contributed by atoms with Gasteiger partial charge in [0.15, 0.2) is 0 Å². The molecule has 1 aromatic rings. The first kappa shape index (κ1) is 22.4. The van der Waals surface area contributed by atoms with Crippen molar-refractivity contribution in [3.8, 4) is 5.75 Å². The zero-order valence-electron chi connectivity index (χ0n) is 15.7. The minimum absolute atomic E-state index is 0.137. The Hall–Kier alpha value is -1.67. The number of unbranched alkanes of at least 4 members (excludes halogenated alkanes) is 1. The van der Waals surface area contributed by atoms with Gasteiger partial charge in [-0.05, 0) is 82.5 Å². The van der Waals surface area contributed by atoms with Gasteiger partial charge >= 0.3 is 0 Å². The van der Waals surface area contributed by atoms with Crippen LogP contribution in [-0.4, -0.2) is 56.3 Å². The molecule has 0 saturated carbocycles. The van der Waals surface area contributed by atoms with Gasteiger partial charge in [-0.3, -0.25) is 4.79 Å². The number of nitrogens with two attached hydrogens (primary N) is 2. The van der Waals surface area contributed by atoms with E-state index in [0.717, 1.165) is 64.0 Å². The van der Waals surface area contributed by atoms with Crippen LogP contribution in [0.1, 0.15) is 31.2 Å². The van der Waals surface area contributed by atoms with Gasteiger partial charge in [-0.1, -0.05) is 12.1 Å². The van der Waals surface area contributed by atoms with Crippen LogP contribution in [0.2, 0.25) is 0 Å². The second kappa shape index (κ2) is 14.5. The van der Waals surface area contributed by atoms with E-state index in [2.05, 4.69) is 16.0 Å². The van der Waals surface area contributed by atoms with Crippen molar-refractivity contribution in [1.82, 2.24) is 16.0 Å². The lowest BCUT2D eigenvalue weighted by molar-refractivity contribution is -0.122. The lowest BCUT2D eigenvalue weighted by Crippen LogP contribution is -2.42. The summed E-state index contributed by atoms with van der Waals surface area (Å²) < 4.78 is 0. The van der Waals surface area contributed by atoms with Crippen LogP contribution < -0.4 is 27.4 Å². The van der Waals surface area contributed by atoms with Crippen LogP contribution in [0.4, 0.5) is 0 Å². The summed E-state index contributed by atoms with van der Waals surface area (Å²) in [5, 5.41) is 18.9. The molecule has 0 radical (unpaired) electrons. The largest absolute Gasteiger partial charge is 0.508 e. The number of phenolic OH excluding ortho intramolecular Hbond substituents is 1. The monoisotopic (exact) mass is 365 g/mol. The van der Waals surface area contributed by atoms with E-state index in [-0.39, 0.29) is 11.7 Å². The van der Waals surface area contributed by atoms with Crippen LogP contribution in [0.15, 0.2) is 24.3 Å². The van der Waals surface area contributed by atoms with E-state index in [1.807, 2.05) is 0 Å². The Morgan fingerprint density at radius 1 is 0.923 bits per heavy atom. The molecule has 1 amide bonds. The molecule has 1 aromatic carbocycles. The Bertz CT molecular complexity index is 481. The number of nitrogens with one attached hydrogen (secondary N) is 3. The van der Waals surface area contributed by atoms with Crippen molar-refractivity contribution in [2.45, 2.75) is 38.1 Å². The lowest BCUT2D eigenvalue weighted by Gasteiger charge is -2.12. The number of hydrogen-bond acceptors (Lipinski definition) is 6. The predicted octanol–water partition coefficient (Wildman–Crippen LogP) is 0.0765. The molecule has 0 saturated heterocycles. The first-order valence-corrected chi connectivity index (χ1v) is 9.56. The molecule has 1 rings (SSSR count). The van der Waals surface area contributed by atoms with Crippen molar-refractivity contribution < 1.29 is 9.90 Å². The summed E-state index contributed by atoms with van der Waals surface area (Å²) in [7, 11) is 0. The molecule has 0 aromatic heterocycles. The Balaban J connectivity index is 1.95. The maximum atomic E-state index is 12.0. The summed E-state index contributed by atoms with van der Waals surface area (Å²) in [6, 6.07) is 6.18. The van der Waals surface area contributed by atoms with Gasteiger partial charge in [-0.15, -0.1) is 0 Å². The average Bonchev–Trinajstić information content (AvgIpc) is 2.64. The summed E-state index contributed by atoms with van der Waals surface area (Å²) in [5.74, 6) is 0.0729. The van der Waals surface area contributed by atoms with E-state index in [1.165, 1.54) is 0 Å². The van der Waals surface area contributed by atoms with Crippen molar-refractivity contribution in [1.29, 1.82) is 0 Å². The number of benzene rings is 1. The molecule has 7 heteroatoms. The SMILES string of the molecule is NCCCNCCCCNCCCNC(=O)[C@@H](N)Cc1ccc(O)cc1. The molecule has 0 aliphatic rings. The Morgan fingerprint density at radius 2 is 1.50 bits per heavy atom. The van der Waals surface area contributed by atoms with Crippen LogP contribution in [0.3, 0.4) is 0 Å². The first-order chi connectivity index (χ1) is 12.6. The number of amides is 1. The topological polar surface area (TPSA) is 125 Å². The molecular formula is C19H35N5O2. The van der Waals surface area contributed by atoms with Crippen LogP contribution in [0.25, 0.3) is 0 Å². The van der Waals surface area contributed by atoms with Gasteiger partial charge in [0.2, 0.25) is 5.91 Å². The van der Waals surface area contributed by atoms with E-state index in [9.17, 15) is 9.90 Å². The molecule has 26 heavy (non-hydrogen) atoms. The minimum Gasteiger partial charge on any atom is -0.508 e. The highest BCUT2D eigenvalue weighted by Crippen LogP contribution is 2.10. The summed E-state index contributed by atoms with van der Waals surface area (Å²) in [6.45, 7) is 5.28. The average molecular weight is 366 g/mol. The van der Waals surface area contributed by atoms with Crippen LogP contribution in [0, 0.1) is 0 Å². The van der Waals surface area contributed by atoms with E-state index in [4.69, 9.17) is 11.5 Å². The molecular weight excluding hydrogens is 330 g/mol. The summed E-state index contributed by atoms with van der Waals surface area (Å²) in [5.41, 5.74) is 12.3. The predicted molar refractivity (Wildman–Crippen MR) is 106 cm³/mol. The molecule has 148 valence electrons. The Labute approximate surface area is 156 Å². The fourth-order valence-electron chi connectivity index (χ4n) is 2.51. The third-order valence-electron chi connectivity index (χ3n) is 4.07. The number of carbonyl (C=O) groups is 1. The molecule has 1 atom stereocenters. The van der Waals surface area contributed by atoms with Crippen molar-refractivity contribution in [2.24, 2.45) is 11.5 Å². The van der Waals surface area contributed by atoms with Gasteiger partial charge in [-0.2, -0.15) is 0 Å². The normalized spacial score (nSPS) is 12.1. The third kappa shape index (κ3) is 11.0. The van der Waals surface area contributed by atoms with E-state index < -0.39 is 6.04 Å². The highest BCUT2D eigenvalue weighted by atomic mass is 16.3. The van der Waals surface area contributed by atoms with Crippen molar-refractivity contribution in [3.05, 3.63) is 29.8 Å². The molecule has 0 aliphatic carbocycles. The van der Waals surface area contributed by atoms with Crippen molar-refractivity contribution >= 4 is 5.91 Å². The van der Waals surface area contributed by atoms with Crippen molar-refractivity contribution in [2.75, 3.05) is 39.3 Å². The number of aromatic hydroxyl groups is 1. The van der Waals surface area contributed by atoms with Crippen LogP contribution >= 0.6 is 0 Å². The van der Waals surface area contributed by atoms with E-state index in [1.54, 1.807) is 24.3 Å². The zero-order valence-corrected chi connectivity index (χ0v) is 15.7. The molecule has 8 N–H and O–H groups in total. The molecule has 0 unspecified atom stereocenters. The molecule has 0 aliphatic heterocycles. The molecule has 0 fully saturated rings. The second-order valence-electron chi connectivity index (χ2n) is 6.47. The van der Waals surface area contributed by atoms with Crippen LogP contribution in [0.5, 0.6) is 5.75 Å². The van der Waals surface area contributed by atoms with Crippen LogP contribution in [-0.2, 0) is 11.2 Å². The second-order valence-corrected chi connectivity index (χ2v) is 6.47. The first-order valence-electron chi connectivity index (χ1n) is 9.56. The minimum atomic E-state index is -0.570. The number of phenols is 1. The molecule has 0 spiro atoms. The smallest absolute Gasteiger partial charge is 0.237 e. The van der Waals surface area contributed by atoms with Gasteiger partial charge < -0.3 is 32.5 Å². The maximum Gasteiger partial charge on any atom is 0.237 e. The molecule has 0 heterocycles. The van der Waals surface area contributed by atoms with Gasteiger partial charge in [0.25, 0.3) is 0 Å². The summed E-state index contributed by atoms with van der Waals surface area (Å²) in [4.78, 5) is 12.0. The lowest BCUT2D eigenvalue weighted by atomic mass is 10.1. The third-order valence-corrected chi connectivity index (χ3v) is 4.07. The summed E-state index contributed by atoms with van der Waals surface area (Å²) >= 11 is 0. The molecule has 0 bridgehead atoms. The summed E-state index contributed by atoms with van der Waals surface area (Å²) in [6.07, 6.45) is 4.67. The van der Waals surface area contributed by atoms with Gasteiger partial charge in [0.05, 0.1) is 6.04 Å².